The van der Waals surface area contributed by atoms with E-state index >= 15 is 0 Å². The van der Waals surface area contributed by atoms with Gasteiger partial charge in [0.15, 0.2) is 5.79 Å². The lowest BCUT2D eigenvalue weighted by molar-refractivity contribution is -0.186. The van der Waals surface area contributed by atoms with E-state index in [9.17, 15) is 4.79 Å². The van der Waals surface area contributed by atoms with Gasteiger partial charge in [-0.05, 0) is 25.0 Å². The van der Waals surface area contributed by atoms with Gasteiger partial charge in [0.1, 0.15) is 25.1 Å². The molecule has 1 aliphatic heterocycles. The highest BCUT2D eigenvalue weighted by Crippen LogP contribution is 2.37. The van der Waals surface area contributed by atoms with Gasteiger partial charge in [-0.3, -0.25) is 4.79 Å². The van der Waals surface area contributed by atoms with Crippen LogP contribution in [0.4, 0.5) is 0 Å². The van der Waals surface area contributed by atoms with Gasteiger partial charge in [0.2, 0.25) is 5.91 Å². The second-order valence-electron chi connectivity index (χ2n) is 6.54. The van der Waals surface area contributed by atoms with Crippen molar-refractivity contribution >= 4 is 5.91 Å². The molecule has 2 fully saturated rings. The Balaban J connectivity index is 1.24. The Hall–Kier alpha value is -1.63. The number of hydrogen-bond acceptors (Lipinski definition) is 5. The van der Waals surface area contributed by atoms with E-state index in [1.807, 2.05) is 30.3 Å². The molecule has 6 nitrogen and oxygen atoms in total. The molecule has 0 radical (unpaired) electrons. The van der Waals surface area contributed by atoms with Crippen LogP contribution in [-0.4, -0.2) is 50.8 Å². The minimum atomic E-state index is -0.390. The predicted octanol–water partition coefficient (Wildman–Crippen LogP) is 2.27. The van der Waals surface area contributed by atoms with E-state index in [2.05, 4.69) is 5.32 Å². The van der Waals surface area contributed by atoms with Crippen molar-refractivity contribution in [3.8, 4) is 5.75 Å². The number of amides is 1. The number of benzene rings is 1. The smallest absolute Gasteiger partial charge is 0.246 e. The molecule has 1 spiro atoms. The molecular weight excluding hydrogens is 322 g/mol. The summed E-state index contributed by atoms with van der Waals surface area (Å²) in [5.41, 5.74) is 0. The Morgan fingerprint density at radius 2 is 1.96 bits per heavy atom. The minimum Gasteiger partial charge on any atom is -0.491 e. The summed E-state index contributed by atoms with van der Waals surface area (Å²) in [4.78, 5) is 11.8. The van der Waals surface area contributed by atoms with Crippen LogP contribution in [0.2, 0.25) is 0 Å². The number of hydrogen-bond donors (Lipinski definition) is 1. The molecule has 2 aliphatic rings. The summed E-state index contributed by atoms with van der Waals surface area (Å²) in [5.74, 6) is 0.261. The van der Waals surface area contributed by atoms with Crippen molar-refractivity contribution in [2.75, 3.05) is 33.0 Å². The zero-order valence-electron chi connectivity index (χ0n) is 14.6. The Morgan fingerprint density at radius 1 is 1.16 bits per heavy atom. The van der Waals surface area contributed by atoms with Crippen LogP contribution in [-0.2, 0) is 19.0 Å². The van der Waals surface area contributed by atoms with Crippen LogP contribution < -0.4 is 10.1 Å². The van der Waals surface area contributed by atoms with Crippen LogP contribution in [0.1, 0.15) is 32.1 Å². The highest BCUT2D eigenvalue weighted by molar-refractivity contribution is 5.77. The molecule has 138 valence electrons. The van der Waals surface area contributed by atoms with E-state index in [0.717, 1.165) is 31.4 Å². The molecule has 1 saturated carbocycles. The van der Waals surface area contributed by atoms with Gasteiger partial charge in [-0.25, -0.2) is 0 Å². The minimum absolute atomic E-state index is 0.0247. The SMILES string of the molecule is O=C(COCCOc1ccccc1)NC[C@@H]1COC2(CCCCC2)O1. The predicted molar refractivity (Wildman–Crippen MR) is 92.4 cm³/mol. The molecule has 0 bridgehead atoms. The third-order valence-electron chi connectivity index (χ3n) is 4.53. The Bertz CT molecular complexity index is 530. The summed E-state index contributed by atoms with van der Waals surface area (Å²) in [6.07, 6.45) is 5.41. The van der Waals surface area contributed by atoms with Crippen LogP contribution in [0.3, 0.4) is 0 Å². The molecule has 6 heteroatoms. The normalized spacial score (nSPS) is 22.0. The topological polar surface area (TPSA) is 66.0 Å². The number of rotatable bonds is 8. The van der Waals surface area contributed by atoms with Gasteiger partial charge >= 0.3 is 0 Å². The summed E-state index contributed by atoms with van der Waals surface area (Å²) in [6.45, 7) is 1.82. The molecule has 1 saturated heterocycles. The monoisotopic (exact) mass is 349 g/mol. The van der Waals surface area contributed by atoms with E-state index in [-0.39, 0.29) is 24.4 Å². The summed E-state index contributed by atoms with van der Waals surface area (Å²) in [7, 11) is 0. The Labute approximate surface area is 148 Å². The number of carbonyl (C=O) groups is 1. The van der Waals surface area contributed by atoms with Gasteiger partial charge < -0.3 is 24.3 Å². The second kappa shape index (κ2) is 9.17. The van der Waals surface area contributed by atoms with Crippen LogP contribution in [0, 0.1) is 0 Å². The molecule has 1 atom stereocenters. The standard InChI is InChI=1S/C19H27NO5/c21-18(15-22-11-12-23-16-7-3-1-4-8-16)20-13-17-14-24-19(25-17)9-5-2-6-10-19/h1,3-4,7-8,17H,2,5-6,9-15H2,(H,20,21)/t17-/m1/s1. The zero-order valence-corrected chi connectivity index (χ0v) is 14.6. The van der Waals surface area contributed by atoms with Gasteiger partial charge in [-0.1, -0.05) is 24.6 Å². The fourth-order valence-electron chi connectivity index (χ4n) is 3.25. The van der Waals surface area contributed by atoms with Crippen molar-refractivity contribution in [3.63, 3.8) is 0 Å². The molecule has 0 aromatic heterocycles. The van der Waals surface area contributed by atoms with Crippen molar-refractivity contribution in [3.05, 3.63) is 30.3 Å². The molecular formula is C19H27NO5. The van der Waals surface area contributed by atoms with E-state index in [0.29, 0.717) is 26.4 Å². The van der Waals surface area contributed by atoms with Gasteiger partial charge in [-0.15, -0.1) is 0 Å². The lowest BCUT2D eigenvalue weighted by atomic mass is 9.94. The first-order valence-corrected chi connectivity index (χ1v) is 9.10. The fourth-order valence-corrected chi connectivity index (χ4v) is 3.25. The van der Waals surface area contributed by atoms with Crippen molar-refractivity contribution < 1.29 is 23.7 Å². The van der Waals surface area contributed by atoms with Crippen molar-refractivity contribution in [2.45, 2.75) is 44.0 Å². The maximum Gasteiger partial charge on any atom is 0.246 e. The van der Waals surface area contributed by atoms with E-state index in [4.69, 9.17) is 18.9 Å². The molecule has 3 rings (SSSR count). The average molecular weight is 349 g/mol. The highest BCUT2D eigenvalue weighted by atomic mass is 16.7. The van der Waals surface area contributed by atoms with Crippen LogP contribution in [0.25, 0.3) is 0 Å². The van der Waals surface area contributed by atoms with Gasteiger partial charge in [-0.2, -0.15) is 0 Å². The van der Waals surface area contributed by atoms with Gasteiger partial charge in [0, 0.05) is 19.4 Å². The highest BCUT2D eigenvalue weighted by Gasteiger charge is 2.42. The molecule has 1 heterocycles. The third kappa shape index (κ3) is 5.70. The summed E-state index contributed by atoms with van der Waals surface area (Å²) < 4.78 is 22.7. The first-order chi connectivity index (χ1) is 12.3. The summed E-state index contributed by atoms with van der Waals surface area (Å²) >= 11 is 0. The lowest BCUT2D eigenvalue weighted by Gasteiger charge is -2.31. The van der Waals surface area contributed by atoms with Gasteiger partial charge in [0.25, 0.3) is 0 Å². The van der Waals surface area contributed by atoms with E-state index < -0.39 is 0 Å². The summed E-state index contributed by atoms with van der Waals surface area (Å²) in [5, 5.41) is 2.85. The largest absolute Gasteiger partial charge is 0.491 e. The molecule has 1 aliphatic carbocycles. The summed E-state index contributed by atoms with van der Waals surface area (Å²) in [6, 6.07) is 9.53. The van der Waals surface area contributed by atoms with Crippen molar-refractivity contribution in [1.82, 2.24) is 5.32 Å². The molecule has 1 aromatic carbocycles. The molecule has 25 heavy (non-hydrogen) atoms. The average Bonchev–Trinajstić information content (AvgIpc) is 3.03. The fraction of sp³-hybridized carbons (Fsp3) is 0.632. The number of carbonyl (C=O) groups excluding carboxylic acids is 1. The number of para-hydroxylation sites is 1. The quantitative estimate of drug-likeness (QED) is 0.730. The number of ether oxygens (including phenoxy) is 4. The zero-order chi connectivity index (χ0) is 17.4. The van der Waals surface area contributed by atoms with E-state index in [1.54, 1.807) is 0 Å². The Morgan fingerprint density at radius 3 is 2.76 bits per heavy atom. The van der Waals surface area contributed by atoms with Crippen LogP contribution in [0.15, 0.2) is 30.3 Å². The van der Waals surface area contributed by atoms with Gasteiger partial charge in [0.05, 0.1) is 13.2 Å². The van der Waals surface area contributed by atoms with Crippen LogP contribution in [0.5, 0.6) is 5.75 Å². The molecule has 1 N–H and O–H groups in total. The first-order valence-electron chi connectivity index (χ1n) is 9.10. The maximum atomic E-state index is 11.8. The third-order valence-corrected chi connectivity index (χ3v) is 4.53. The lowest BCUT2D eigenvalue weighted by Crippen LogP contribution is -2.38. The van der Waals surface area contributed by atoms with Crippen LogP contribution >= 0.6 is 0 Å². The Kier molecular flexibility index (Phi) is 6.67. The molecule has 1 aromatic rings. The second-order valence-corrected chi connectivity index (χ2v) is 6.54. The van der Waals surface area contributed by atoms with E-state index in [1.165, 1.54) is 6.42 Å². The van der Waals surface area contributed by atoms with Crippen molar-refractivity contribution in [2.24, 2.45) is 0 Å². The maximum absolute atomic E-state index is 11.8. The van der Waals surface area contributed by atoms with Crippen molar-refractivity contribution in [1.29, 1.82) is 0 Å². The number of nitrogens with one attached hydrogen (secondary N) is 1. The first kappa shape index (κ1) is 18.2. The molecule has 1 amide bonds. The molecule has 0 unspecified atom stereocenters.